The van der Waals surface area contributed by atoms with Crippen LogP contribution in [0.5, 0.6) is 0 Å². The van der Waals surface area contributed by atoms with Gasteiger partial charge in [-0.3, -0.25) is 9.59 Å². The Morgan fingerprint density at radius 2 is 1.83 bits per heavy atom. The predicted octanol–water partition coefficient (Wildman–Crippen LogP) is 2.48. The first kappa shape index (κ1) is 22.0. The van der Waals surface area contributed by atoms with E-state index in [0.29, 0.717) is 32.5 Å². The monoisotopic (exact) mass is 399 g/mol. The molecule has 8 nitrogen and oxygen atoms in total. The number of amides is 1. The molecular weight excluding hydrogens is 374 g/mol. The molecule has 1 N–H and O–H groups in total. The molecule has 1 saturated heterocycles. The number of ether oxygens (including phenoxy) is 2. The predicted molar refractivity (Wildman–Crippen MR) is 106 cm³/mol. The fourth-order valence-electron chi connectivity index (χ4n) is 3.01. The van der Waals surface area contributed by atoms with E-state index in [4.69, 9.17) is 9.47 Å². The number of esters is 2. The average Bonchev–Trinajstić information content (AvgIpc) is 2.73. The second kappa shape index (κ2) is 10.9. The number of hydrogen-bond donors (Lipinski definition) is 1. The van der Waals surface area contributed by atoms with E-state index in [9.17, 15) is 19.6 Å². The topological polar surface area (TPSA) is 109 Å². The molecule has 0 aliphatic carbocycles. The SMILES string of the molecule is CCOC(=O)c1ccccc1NC(=O)/C(C#N)=C\N1CCC(C(=O)OCC)CC1. The van der Waals surface area contributed by atoms with Gasteiger partial charge in [0, 0.05) is 19.3 Å². The molecule has 1 aromatic carbocycles. The van der Waals surface area contributed by atoms with E-state index in [1.807, 2.05) is 11.0 Å². The van der Waals surface area contributed by atoms with Gasteiger partial charge in [0.25, 0.3) is 5.91 Å². The van der Waals surface area contributed by atoms with Crippen LogP contribution in [0.25, 0.3) is 0 Å². The Balaban J connectivity index is 2.04. The van der Waals surface area contributed by atoms with Crippen molar-refractivity contribution in [2.24, 2.45) is 5.92 Å². The van der Waals surface area contributed by atoms with Gasteiger partial charge in [0.05, 0.1) is 30.4 Å². The van der Waals surface area contributed by atoms with E-state index in [1.165, 1.54) is 6.20 Å². The Bertz CT molecular complexity index is 820. The van der Waals surface area contributed by atoms with Gasteiger partial charge in [0.2, 0.25) is 0 Å². The van der Waals surface area contributed by atoms with Crippen LogP contribution in [0.1, 0.15) is 37.0 Å². The molecule has 0 unspecified atom stereocenters. The van der Waals surface area contributed by atoms with Gasteiger partial charge in [0.15, 0.2) is 0 Å². The third-order valence-electron chi connectivity index (χ3n) is 4.50. The van der Waals surface area contributed by atoms with Crippen molar-refractivity contribution < 1.29 is 23.9 Å². The number of nitriles is 1. The van der Waals surface area contributed by atoms with Crippen LogP contribution >= 0.6 is 0 Å². The van der Waals surface area contributed by atoms with Gasteiger partial charge in [0.1, 0.15) is 11.6 Å². The highest BCUT2D eigenvalue weighted by Gasteiger charge is 2.25. The molecule has 0 bridgehead atoms. The normalized spacial score (nSPS) is 14.7. The summed E-state index contributed by atoms with van der Waals surface area (Å²) in [6, 6.07) is 8.35. The minimum atomic E-state index is -0.614. The second-order valence-corrected chi connectivity index (χ2v) is 6.44. The Kier molecular flexibility index (Phi) is 8.22. The highest BCUT2D eigenvalue weighted by molar-refractivity contribution is 6.09. The number of anilines is 1. The highest BCUT2D eigenvalue weighted by atomic mass is 16.5. The van der Waals surface area contributed by atoms with Gasteiger partial charge in [-0.15, -0.1) is 0 Å². The van der Waals surface area contributed by atoms with Crippen molar-refractivity contribution in [1.82, 2.24) is 4.90 Å². The number of carbonyl (C=O) groups excluding carboxylic acids is 3. The smallest absolute Gasteiger partial charge is 0.340 e. The largest absolute Gasteiger partial charge is 0.466 e. The molecule has 0 spiro atoms. The Labute approximate surface area is 170 Å². The molecule has 8 heteroatoms. The summed E-state index contributed by atoms with van der Waals surface area (Å²) in [7, 11) is 0. The van der Waals surface area contributed by atoms with Crippen LogP contribution in [-0.2, 0) is 19.1 Å². The maximum absolute atomic E-state index is 12.6. The number of nitrogens with zero attached hydrogens (tertiary/aromatic N) is 2. The molecule has 1 heterocycles. The molecular formula is C21H25N3O5. The second-order valence-electron chi connectivity index (χ2n) is 6.44. The Morgan fingerprint density at radius 1 is 1.17 bits per heavy atom. The maximum Gasteiger partial charge on any atom is 0.340 e. The molecule has 1 aliphatic heterocycles. The molecule has 1 aromatic rings. The van der Waals surface area contributed by atoms with Gasteiger partial charge in [-0.25, -0.2) is 4.79 Å². The minimum absolute atomic E-state index is 0.0850. The zero-order valence-corrected chi connectivity index (χ0v) is 16.6. The van der Waals surface area contributed by atoms with Crippen molar-refractivity contribution >= 4 is 23.5 Å². The number of carbonyl (C=O) groups is 3. The summed E-state index contributed by atoms with van der Waals surface area (Å²) in [5, 5.41) is 12.0. The van der Waals surface area contributed by atoms with Crippen molar-refractivity contribution in [2.45, 2.75) is 26.7 Å². The molecule has 29 heavy (non-hydrogen) atoms. The number of hydrogen-bond acceptors (Lipinski definition) is 7. The van der Waals surface area contributed by atoms with Crippen LogP contribution < -0.4 is 5.32 Å². The van der Waals surface area contributed by atoms with Gasteiger partial charge in [-0.05, 0) is 38.8 Å². The van der Waals surface area contributed by atoms with Crippen LogP contribution in [-0.4, -0.2) is 49.0 Å². The number of rotatable bonds is 7. The first-order valence-corrected chi connectivity index (χ1v) is 9.60. The molecule has 1 aliphatic rings. The van der Waals surface area contributed by atoms with E-state index >= 15 is 0 Å². The fourth-order valence-corrected chi connectivity index (χ4v) is 3.01. The molecule has 2 rings (SSSR count). The van der Waals surface area contributed by atoms with Crippen LogP contribution in [0.4, 0.5) is 5.69 Å². The molecule has 154 valence electrons. The van der Waals surface area contributed by atoms with Crippen LogP contribution in [0, 0.1) is 17.2 Å². The summed E-state index contributed by atoms with van der Waals surface area (Å²) in [4.78, 5) is 38.2. The van der Waals surface area contributed by atoms with Gasteiger partial charge in [-0.1, -0.05) is 12.1 Å². The molecule has 1 fully saturated rings. The summed E-state index contributed by atoms with van der Waals surface area (Å²) in [5.74, 6) is -1.52. The average molecular weight is 399 g/mol. The fraction of sp³-hybridized carbons (Fsp3) is 0.429. The molecule has 0 atom stereocenters. The van der Waals surface area contributed by atoms with Crippen molar-refractivity contribution in [3.8, 4) is 6.07 Å². The highest BCUT2D eigenvalue weighted by Crippen LogP contribution is 2.21. The van der Waals surface area contributed by atoms with Crippen molar-refractivity contribution in [2.75, 3.05) is 31.6 Å². The lowest BCUT2D eigenvalue weighted by atomic mass is 9.97. The first-order valence-electron chi connectivity index (χ1n) is 9.60. The quantitative estimate of drug-likeness (QED) is 0.426. The first-order chi connectivity index (χ1) is 14.0. The minimum Gasteiger partial charge on any atom is -0.466 e. The van der Waals surface area contributed by atoms with E-state index in [-0.39, 0.29) is 35.3 Å². The van der Waals surface area contributed by atoms with Crippen molar-refractivity contribution in [3.05, 3.63) is 41.6 Å². The molecule has 0 radical (unpaired) electrons. The summed E-state index contributed by atoms with van der Waals surface area (Å²) >= 11 is 0. The third kappa shape index (κ3) is 6.07. The number of benzene rings is 1. The Hall–Kier alpha value is -3.34. The standard InChI is InChI=1S/C21H25N3O5/c1-3-28-20(26)15-9-11-24(12-10-15)14-16(13-22)19(25)23-18-8-6-5-7-17(18)21(27)29-4-2/h5-8,14-15H,3-4,9-12H2,1-2H3,(H,23,25)/b16-14-. The number of piperidine rings is 1. The van der Waals surface area contributed by atoms with E-state index in [1.54, 1.807) is 38.1 Å². The zero-order valence-electron chi connectivity index (χ0n) is 16.6. The Morgan fingerprint density at radius 3 is 2.45 bits per heavy atom. The van der Waals surface area contributed by atoms with Crippen molar-refractivity contribution in [3.63, 3.8) is 0 Å². The molecule has 1 amide bonds. The number of nitrogens with one attached hydrogen (secondary N) is 1. The van der Waals surface area contributed by atoms with Gasteiger partial charge in [-0.2, -0.15) is 5.26 Å². The molecule has 0 aromatic heterocycles. The summed E-state index contributed by atoms with van der Waals surface area (Å²) in [6.45, 7) is 5.12. The van der Waals surface area contributed by atoms with E-state index in [2.05, 4.69) is 5.32 Å². The van der Waals surface area contributed by atoms with Crippen LogP contribution in [0.2, 0.25) is 0 Å². The summed E-state index contributed by atoms with van der Waals surface area (Å²) in [5.41, 5.74) is 0.409. The summed E-state index contributed by atoms with van der Waals surface area (Å²) < 4.78 is 10.0. The number of likely N-dealkylation sites (tertiary alicyclic amines) is 1. The van der Waals surface area contributed by atoms with E-state index in [0.717, 1.165) is 0 Å². The molecule has 0 saturated carbocycles. The maximum atomic E-state index is 12.6. The van der Waals surface area contributed by atoms with Gasteiger partial charge < -0.3 is 19.7 Å². The van der Waals surface area contributed by atoms with Crippen LogP contribution in [0.15, 0.2) is 36.0 Å². The van der Waals surface area contributed by atoms with Crippen molar-refractivity contribution in [1.29, 1.82) is 5.26 Å². The number of para-hydroxylation sites is 1. The lowest BCUT2D eigenvalue weighted by Gasteiger charge is -2.30. The lowest BCUT2D eigenvalue weighted by Crippen LogP contribution is -2.34. The van der Waals surface area contributed by atoms with Gasteiger partial charge >= 0.3 is 11.9 Å². The van der Waals surface area contributed by atoms with Crippen LogP contribution in [0.3, 0.4) is 0 Å². The third-order valence-corrected chi connectivity index (χ3v) is 4.50. The zero-order chi connectivity index (χ0) is 21.2. The van der Waals surface area contributed by atoms with E-state index < -0.39 is 11.9 Å². The lowest BCUT2D eigenvalue weighted by molar-refractivity contribution is -0.149. The summed E-state index contributed by atoms with van der Waals surface area (Å²) in [6.07, 6.45) is 2.69.